The SMILES string of the molecule is COC(=O)C1=CC=C(C(C)C)CCC2=CCC[C@](C)(OC2=O)C(OC(C)=O)CC1. The fraction of sp³-hybridized carbons (Fsp3) is 0.609. The van der Waals surface area contributed by atoms with Gasteiger partial charge in [0, 0.05) is 18.1 Å². The van der Waals surface area contributed by atoms with Crippen LogP contribution in [-0.4, -0.2) is 36.7 Å². The highest BCUT2D eigenvalue weighted by molar-refractivity contribution is 5.89. The van der Waals surface area contributed by atoms with Crippen LogP contribution in [0.5, 0.6) is 0 Å². The van der Waals surface area contributed by atoms with Gasteiger partial charge in [-0.05, 0) is 51.4 Å². The molecule has 0 fully saturated rings. The van der Waals surface area contributed by atoms with Crippen LogP contribution in [0.15, 0.2) is 34.9 Å². The van der Waals surface area contributed by atoms with Crippen molar-refractivity contribution in [3.05, 3.63) is 34.9 Å². The Kier molecular flexibility index (Phi) is 7.82. The molecule has 2 bridgehead atoms. The van der Waals surface area contributed by atoms with E-state index in [-0.39, 0.29) is 11.9 Å². The van der Waals surface area contributed by atoms with Gasteiger partial charge in [0.25, 0.3) is 0 Å². The molecule has 0 amide bonds. The molecule has 0 aliphatic carbocycles. The maximum Gasteiger partial charge on any atom is 0.334 e. The molecule has 2 heterocycles. The van der Waals surface area contributed by atoms with Crippen molar-refractivity contribution in [1.82, 2.24) is 0 Å². The lowest BCUT2D eigenvalue weighted by Crippen LogP contribution is -2.45. The summed E-state index contributed by atoms with van der Waals surface area (Å²) in [5.74, 6) is -0.936. The lowest BCUT2D eigenvalue weighted by molar-refractivity contribution is -0.181. The molecule has 0 radical (unpaired) electrons. The summed E-state index contributed by atoms with van der Waals surface area (Å²) in [6, 6.07) is 0. The normalized spacial score (nSPS) is 25.9. The first-order chi connectivity index (χ1) is 13.7. The smallest absolute Gasteiger partial charge is 0.334 e. The summed E-state index contributed by atoms with van der Waals surface area (Å²) in [4.78, 5) is 36.8. The van der Waals surface area contributed by atoms with Gasteiger partial charge in [-0.1, -0.05) is 37.6 Å². The van der Waals surface area contributed by atoms with E-state index in [1.165, 1.54) is 14.0 Å². The Morgan fingerprint density at radius 1 is 1.21 bits per heavy atom. The van der Waals surface area contributed by atoms with Crippen LogP contribution in [-0.2, 0) is 28.6 Å². The van der Waals surface area contributed by atoms with Gasteiger partial charge in [0.05, 0.1) is 7.11 Å². The minimum atomic E-state index is -0.954. The number of hydrogen-bond donors (Lipinski definition) is 0. The molecule has 2 aliphatic heterocycles. The van der Waals surface area contributed by atoms with E-state index in [0.29, 0.717) is 49.7 Å². The minimum absolute atomic E-state index is 0.275. The summed E-state index contributed by atoms with van der Waals surface area (Å²) in [7, 11) is 1.35. The number of methoxy groups -OCH3 is 1. The van der Waals surface area contributed by atoms with Gasteiger partial charge in [-0.2, -0.15) is 0 Å². The summed E-state index contributed by atoms with van der Waals surface area (Å²) < 4.78 is 16.4. The lowest BCUT2D eigenvalue weighted by Gasteiger charge is -2.35. The predicted octanol–water partition coefficient (Wildman–Crippen LogP) is 4.20. The number of fused-ring (bicyclic) bond motifs is 3. The van der Waals surface area contributed by atoms with E-state index in [2.05, 4.69) is 13.8 Å². The van der Waals surface area contributed by atoms with Crippen molar-refractivity contribution in [3.8, 4) is 0 Å². The fourth-order valence-corrected chi connectivity index (χ4v) is 3.79. The van der Waals surface area contributed by atoms with E-state index in [4.69, 9.17) is 14.2 Å². The van der Waals surface area contributed by atoms with Gasteiger partial charge in [-0.25, -0.2) is 9.59 Å². The van der Waals surface area contributed by atoms with Crippen molar-refractivity contribution in [2.75, 3.05) is 7.11 Å². The summed E-state index contributed by atoms with van der Waals surface area (Å²) in [5.41, 5.74) is 1.34. The second-order valence-corrected chi connectivity index (χ2v) is 8.19. The van der Waals surface area contributed by atoms with Gasteiger partial charge in [-0.15, -0.1) is 0 Å². The van der Waals surface area contributed by atoms with Crippen LogP contribution in [0.3, 0.4) is 0 Å². The molecule has 0 saturated carbocycles. The Bertz CT molecular complexity index is 742. The van der Waals surface area contributed by atoms with E-state index in [0.717, 1.165) is 5.57 Å². The lowest BCUT2D eigenvalue weighted by atomic mass is 9.88. The van der Waals surface area contributed by atoms with Crippen LogP contribution in [0.25, 0.3) is 0 Å². The monoisotopic (exact) mass is 404 g/mol. The molecule has 0 N–H and O–H groups in total. The molecule has 0 saturated heterocycles. The summed E-state index contributed by atoms with van der Waals surface area (Å²) >= 11 is 0. The van der Waals surface area contributed by atoms with E-state index >= 15 is 0 Å². The number of allylic oxidation sites excluding steroid dienone is 4. The molecule has 6 heteroatoms. The Morgan fingerprint density at radius 3 is 2.55 bits per heavy atom. The van der Waals surface area contributed by atoms with Crippen molar-refractivity contribution in [2.45, 2.75) is 77.9 Å². The van der Waals surface area contributed by atoms with Gasteiger partial charge in [0.15, 0.2) is 0 Å². The summed E-state index contributed by atoms with van der Waals surface area (Å²) in [5, 5.41) is 0. The average Bonchev–Trinajstić information content (AvgIpc) is 2.79. The number of esters is 3. The Labute approximate surface area is 173 Å². The second kappa shape index (κ2) is 9.90. The van der Waals surface area contributed by atoms with Crippen LogP contribution < -0.4 is 0 Å². The highest BCUT2D eigenvalue weighted by Crippen LogP contribution is 2.34. The molecule has 0 aromatic rings. The fourth-order valence-electron chi connectivity index (χ4n) is 3.79. The van der Waals surface area contributed by atoms with Crippen molar-refractivity contribution in [1.29, 1.82) is 0 Å². The van der Waals surface area contributed by atoms with Crippen LogP contribution >= 0.6 is 0 Å². The van der Waals surface area contributed by atoms with Crippen LogP contribution in [0.1, 0.15) is 66.2 Å². The summed E-state index contributed by atoms with van der Waals surface area (Å²) in [6.07, 6.45) is 8.20. The van der Waals surface area contributed by atoms with Crippen molar-refractivity contribution in [2.24, 2.45) is 5.92 Å². The number of hydrogen-bond acceptors (Lipinski definition) is 6. The average molecular weight is 405 g/mol. The van der Waals surface area contributed by atoms with E-state index in [1.54, 1.807) is 13.0 Å². The highest BCUT2D eigenvalue weighted by atomic mass is 16.6. The molecule has 29 heavy (non-hydrogen) atoms. The van der Waals surface area contributed by atoms with E-state index in [1.807, 2.05) is 12.2 Å². The van der Waals surface area contributed by atoms with Gasteiger partial charge in [0.2, 0.25) is 0 Å². The Hall–Kier alpha value is -2.37. The van der Waals surface area contributed by atoms with Crippen LogP contribution in [0.4, 0.5) is 0 Å². The largest absolute Gasteiger partial charge is 0.466 e. The van der Waals surface area contributed by atoms with Gasteiger partial charge in [0.1, 0.15) is 11.7 Å². The first-order valence-corrected chi connectivity index (χ1v) is 10.2. The van der Waals surface area contributed by atoms with Crippen molar-refractivity contribution >= 4 is 17.9 Å². The van der Waals surface area contributed by atoms with Gasteiger partial charge in [-0.3, -0.25) is 4.79 Å². The molecule has 2 aliphatic rings. The number of carbonyl (C=O) groups is 3. The van der Waals surface area contributed by atoms with Crippen LogP contribution in [0.2, 0.25) is 0 Å². The summed E-state index contributed by atoms with van der Waals surface area (Å²) in [6.45, 7) is 7.31. The molecule has 160 valence electrons. The third-order valence-electron chi connectivity index (χ3n) is 5.66. The van der Waals surface area contributed by atoms with Crippen LogP contribution in [0, 0.1) is 5.92 Å². The first-order valence-electron chi connectivity index (χ1n) is 10.2. The quantitative estimate of drug-likeness (QED) is 0.518. The van der Waals surface area contributed by atoms with Gasteiger partial charge >= 0.3 is 17.9 Å². The standard InChI is InChI=1S/C23H32O6/c1-15(2)17-8-10-18-7-6-14-23(4,29-22(18)26)20(28-16(3)24)13-12-19(11-9-17)21(25)27-5/h7,9,11,15,20H,6,8,10,12-14H2,1-5H3/t20?,23-/m0/s1. The number of carbonyl (C=O) groups excluding carboxylic acids is 3. The topological polar surface area (TPSA) is 78.9 Å². The number of rotatable bonds is 3. The Balaban J connectivity index is 2.48. The third kappa shape index (κ3) is 6.05. The Morgan fingerprint density at radius 2 is 1.93 bits per heavy atom. The minimum Gasteiger partial charge on any atom is -0.466 e. The van der Waals surface area contributed by atoms with Crippen molar-refractivity contribution < 1.29 is 28.6 Å². The zero-order chi connectivity index (χ0) is 21.6. The molecule has 2 rings (SSSR count). The van der Waals surface area contributed by atoms with E-state index in [9.17, 15) is 14.4 Å². The zero-order valence-electron chi connectivity index (χ0n) is 18.1. The molecule has 6 nitrogen and oxygen atoms in total. The first kappa shape index (κ1) is 22.9. The third-order valence-corrected chi connectivity index (χ3v) is 5.66. The molecule has 0 aromatic heterocycles. The number of ether oxygens (including phenoxy) is 3. The molecule has 1 unspecified atom stereocenters. The van der Waals surface area contributed by atoms with Crippen molar-refractivity contribution in [3.63, 3.8) is 0 Å². The molecular weight excluding hydrogens is 372 g/mol. The maximum atomic E-state index is 12.8. The maximum absolute atomic E-state index is 12.8. The zero-order valence-corrected chi connectivity index (χ0v) is 18.1. The molecular formula is C23H32O6. The second-order valence-electron chi connectivity index (χ2n) is 8.19. The highest BCUT2D eigenvalue weighted by Gasteiger charge is 2.42. The van der Waals surface area contributed by atoms with Gasteiger partial charge < -0.3 is 14.2 Å². The predicted molar refractivity (Wildman–Crippen MR) is 109 cm³/mol. The molecule has 0 spiro atoms. The van der Waals surface area contributed by atoms with E-state index < -0.39 is 23.6 Å². The molecule has 2 atom stereocenters. The molecule has 0 aromatic carbocycles.